The maximum atomic E-state index is 10.6. The van der Waals surface area contributed by atoms with Crippen LogP contribution in [0.25, 0.3) is 0 Å². The Morgan fingerprint density at radius 2 is 1.91 bits per heavy atom. The van der Waals surface area contributed by atoms with Crippen molar-refractivity contribution in [2.75, 3.05) is 0 Å². The first kappa shape index (κ1) is 21.1. The van der Waals surface area contributed by atoms with E-state index in [1.54, 1.807) is 12.1 Å². The van der Waals surface area contributed by atoms with Crippen molar-refractivity contribution in [1.29, 1.82) is 0 Å². The van der Waals surface area contributed by atoms with Gasteiger partial charge < -0.3 is 20.3 Å². The number of ether oxygens (including phenoxy) is 1. The average molecular weight is 455 g/mol. The summed E-state index contributed by atoms with van der Waals surface area (Å²) in [6, 6.07) is 4.66. The molecule has 1 aromatic rings. The number of nitrogens with zero attached hydrogens (tertiary/aromatic N) is 1. The van der Waals surface area contributed by atoms with E-state index in [2.05, 4.69) is 47.8 Å². The molecule has 5 aliphatic rings. The van der Waals surface area contributed by atoms with Crippen LogP contribution in [0.1, 0.15) is 50.3 Å². The van der Waals surface area contributed by atoms with Gasteiger partial charge in [0.1, 0.15) is 17.6 Å². The topological polar surface area (TPSA) is 74.1 Å². The molecule has 3 unspecified atom stereocenters. The smallest absolute Gasteiger partial charge is 0.213 e. The van der Waals surface area contributed by atoms with Gasteiger partial charge in [-0.3, -0.25) is 0 Å². The SMILES string of the molecule is Oc1ccc(C2N=C(OC3CCCC3)C=C(C3=C4C=CCCC4=CC4C=CC=CC34)N2)c(O)c1. The zero-order valence-corrected chi connectivity index (χ0v) is 19.2. The average Bonchev–Trinajstić information content (AvgIpc) is 3.35. The van der Waals surface area contributed by atoms with Crippen LogP contribution < -0.4 is 5.32 Å². The highest BCUT2D eigenvalue weighted by Gasteiger charge is 2.34. The lowest BCUT2D eigenvalue weighted by molar-refractivity contribution is 0.195. The van der Waals surface area contributed by atoms with E-state index in [-0.39, 0.29) is 23.5 Å². The summed E-state index contributed by atoms with van der Waals surface area (Å²) in [5.74, 6) is 1.20. The van der Waals surface area contributed by atoms with Gasteiger partial charge >= 0.3 is 0 Å². The third-order valence-corrected chi connectivity index (χ3v) is 7.41. The number of phenolic OH excluding ortho intramolecular Hbond substituents is 2. The van der Waals surface area contributed by atoms with Crippen LogP contribution in [0.3, 0.4) is 0 Å². The summed E-state index contributed by atoms with van der Waals surface area (Å²) >= 11 is 0. The number of aromatic hydroxyl groups is 2. The number of hydrogen-bond donors (Lipinski definition) is 3. The van der Waals surface area contributed by atoms with Crippen LogP contribution in [-0.2, 0) is 4.74 Å². The van der Waals surface area contributed by atoms with E-state index in [9.17, 15) is 10.2 Å². The van der Waals surface area contributed by atoms with Gasteiger partial charge in [-0.1, -0.05) is 42.5 Å². The van der Waals surface area contributed by atoms with E-state index in [0.717, 1.165) is 31.4 Å². The number of allylic oxidation sites excluding steroid dienone is 10. The number of benzene rings is 1. The Morgan fingerprint density at radius 3 is 2.76 bits per heavy atom. The molecule has 174 valence electrons. The summed E-state index contributed by atoms with van der Waals surface area (Å²) in [5.41, 5.74) is 5.53. The highest BCUT2D eigenvalue weighted by Crippen LogP contribution is 2.45. The van der Waals surface area contributed by atoms with E-state index < -0.39 is 6.17 Å². The van der Waals surface area contributed by atoms with Crippen molar-refractivity contribution >= 4 is 5.90 Å². The molecule has 1 aliphatic heterocycles. The molecule has 5 heteroatoms. The highest BCUT2D eigenvalue weighted by atomic mass is 16.5. The van der Waals surface area contributed by atoms with Crippen molar-refractivity contribution in [2.24, 2.45) is 16.8 Å². The van der Waals surface area contributed by atoms with Gasteiger partial charge in [0.05, 0.1) is 0 Å². The molecule has 0 radical (unpaired) electrons. The van der Waals surface area contributed by atoms with Gasteiger partial charge in [-0.05, 0) is 67.4 Å². The Hall–Kier alpha value is -3.47. The van der Waals surface area contributed by atoms with Gasteiger partial charge in [-0.15, -0.1) is 0 Å². The predicted molar refractivity (Wildman–Crippen MR) is 133 cm³/mol. The lowest BCUT2D eigenvalue weighted by Crippen LogP contribution is -2.33. The Balaban J connectivity index is 1.44. The van der Waals surface area contributed by atoms with Gasteiger partial charge in [-0.25, -0.2) is 4.99 Å². The van der Waals surface area contributed by atoms with Crippen LogP contribution >= 0.6 is 0 Å². The second kappa shape index (κ2) is 8.71. The summed E-state index contributed by atoms with van der Waals surface area (Å²) in [5, 5.41) is 24.0. The minimum Gasteiger partial charge on any atom is -0.508 e. The molecule has 0 saturated heterocycles. The maximum Gasteiger partial charge on any atom is 0.213 e. The summed E-state index contributed by atoms with van der Waals surface area (Å²) in [6.45, 7) is 0. The van der Waals surface area contributed by atoms with Crippen molar-refractivity contribution in [3.05, 3.63) is 94.8 Å². The maximum absolute atomic E-state index is 10.6. The molecule has 4 aliphatic carbocycles. The fourth-order valence-electron chi connectivity index (χ4n) is 5.74. The number of phenols is 2. The molecule has 1 fully saturated rings. The summed E-state index contributed by atoms with van der Waals surface area (Å²) in [7, 11) is 0. The zero-order valence-electron chi connectivity index (χ0n) is 19.2. The Bertz CT molecular complexity index is 1210. The molecular weight excluding hydrogens is 424 g/mol. The van der Waals surface area contributed by atoms with Crippen molar-refractivity contribution in [2.45, 2.75) is 50.8 Å². The van der Waals surface area contributed by atoms with E-state index in [1.807, 2.05) is 6.08 Å². The van der Waals surface area contributed by atoms with Crippen molar-refractivity contribution in [3.63, 3.8) is 0 Å². The number of rotatable bonds is 3. The Labute approximate surface area is 200 Å². The van der Waals surface area contributed by atoms with Crippen molar-refractivity contribution < 1.29 is 14.9 Å². The second-order valence-corrected chi connectivity index (χ2v) is 9.67. The van der Waals surface area contributed by atoms with E-state index in [1.165, 1.54) is 35.6 Å². The summed E-state index contributed by atoms with van der Waals surface area (Å²) in [4.78, 5) is 4.84. The lowest BCUT2D eigenvalue weighted by Gasteiger charge is -2.37. The molecule has 0 spiro atoms. The molecule has 34 heavy (non-hydrogen) atoms. The Morgan fingerprint density at radius 1 is 1.06 bits per heavy atom. The van der Waals surface area contributed by atoms with Crippen molar-refractivity contribution in [1.82, 2.24) is 5.32 Å². The lowest BCUT2D eigenvalue weighted by atomic mass is 9.71. The van der Waals surface area contributed by atoms with E-state index >= 15 is 0 Å². The highest BCUT2D eigenvalue weighted by molar-refractivity contribution is 5.90. The first-order valence-corrected chi connectivity index (χ1v) is 12.4. The molecule has 0 bridgehead atoms. The molecule has 0 aromatic heterocycles. The second-order valence-electron chi connectivity index (χ2n) is 9.67. The minimum atomic E-state index is -0.506. The fraction of sp³-hybridized carbons (Fsp3) is 0.345. The van der Waals surface area contributed by atoms with Gasteiger partial charge in [-0.2, -0.15) is 0 Å². The number of fused-ring (bicyclic) bond motifs is 2. The van der Waals surface area contributed by atoms with Gasteiger partial charge in [0.15, 0.2) is 6.17 Å². The molecule has 3 atom stereocenters. The summed E-state index contributed by atoms with van der Waals surface area (Å²) in [6.07, 6.45) is 24.1. The first-order chi connectivity index (χ1) is 16.7. The molecule has 1 heterocycles. The quantitative estimate of drug-likeness (QED) is 0.533. The van der Waals surface area contributed by atoms with Crippen LogP contribution in [0, 0.1) is 11.8 Å². The van der Waals surface area contributed by atoms with E-state index in [0.29, 0.717) is 17.4 Å². The van der Waals surface area contributed by atoms with Gasteiger partial charge in [0.25, 0.3) is 0 Å². The molecular formula is C29H30N2O3. The predicted octanol–water partition coefficient (Wildman–Crippen LogP) is 5.89. The molecule has 0 amide bonds. The van der Waals surface area contributed by atoms with Crippen molar-refractivity contribution in [3.8, 4) is 11.5 Å². The summed E-state index contributed by atoms with van der Waals surface area (Å²) < 4.78 is 6.38. The molecule has 3 N–H and O–H groups in total. The third-order valence-electron chi connectivity index (χ3n) is 7.41. The van der Waals surface area contributed by atoms with Gasteiger partial charge in [0.2, 0.25) is 5.90 Å². The monoisotopic (exact) mass is 454 g/mol. The van der Waals surface area contributed by atoms with E-state index in [4.69, 9.17) is 9.73 Å². The van der Waals surface area contributed by atoms with Crippen LogP contribution in [-0.4, -0.2) is 22.2 Å². The third kappa shape index (κ3) is 3.89. The minimum absolute atomic E-state index is 0.0144. The van der Waals surface area contributed by atoms with Gasteiger partial charge in [0, 0.05) is 35.2 Å². The Kier molecular flexibility index (Phi) is 5.40. The normalized spacial score (nSPS) is 28.0. The first-order valence-electron chi connectivity index (χ1n) is 12.4. The van der Waals surface area contributed by atoms with Crippen LogP contribution in [0.15, 0.2) is 94.2 Å². The molecule has 5 nitrogen and oxygen atoms in total. The molecule has 1 aromatic carbocycles. The largest absolute Gasteiger partial charge is 0.508 e. The van der Waals surface area contributed by atoms with Crippen LogP contribution in [0.4, 0.5) is 0 Å². The number of hydrogen-bond acceptors (Lipinski definition) is 5. The van der Waals surface area contributed by atoms with Crippen LogP contribution in [0.5, 0.6) is 11.5 Å². The number of nitrogens with one attached hydrogen (secondary N) is 1. The number of aliphatic imine (C=N–C) groups is 1. The molecule has 6 rings (SSSR count). The fourth-order valence-corrected chi connectivity index (χ4v) is 5.74. The molecule has 1 saturated carbocycles. The standard InChI is InChI=1S/C29H30N2O3/c32-20-13-14-24(26(33)16-20)29-30-25(17-27(31-29)34-21-9-3-4-10-21)28-22-11-5-1-7-18(22)15-19-8-2-6-12-23(19)28/h1,5-7,11-18,21-22,29-30,32-33H,2-4,8-10H2. The zero-order chi connectivity index (χ0) is 23.1. The van der Waals surface area contributed by atoms with Crippen LogP contribution in [0.2, 0.25) is 0 Å².